The van der Waals surface area contributed by atoms with Gasteiger partial charge in [-0.1, -0.05) is 42.5 Å². The monoisotopic (exact) mass is 400 g/mol. The zero-order valence-electron chi connectivity index (χ0n) is 13.3. The third kappa shape index (κ3) is 4.97. The third-order valence-electron chi connectivity index (χ3n) is 4.53. The molecule has 1 fully saturated rings. The maximum atomic E-state index is 12.5. The van der Waals surface area contributed by atoms with Gasteiger partial charge in [-0.2, -0.15) is 0 Å². The van der Waals surface area contributed by atoms with Gasteiger partial charge in [0, 0.05) is 12.1 Å². The molecule has 0 atom stereocenters. The Morgan fingerprint density at radius 1 is 1.13 bits per heavy atom. The van der Waals surface area contributed by atoms with E-state index in [1.807, 2.05) is 14.1 Å². The molecule has 1 N–H and O–H groups in total. The molecule has 0 amide bonds. The van der Waals surface area contributed by atoms with Gasteiger partial charge >= 0.3 is 0 Å². The van der Waals surface area contributed by atoms with Gasteiger partial charge in [-0.3, -0.25) is 0 Å². The fraction of sp³-hybridized carbons (Fsp3) is 0.600. The minimum absolute atomic E-state index is 0. The summed E-state index contributed by atoms with van der Waals surface area (Å²) in [5.41, 5.74) is -0.110. The van der Waals surface area contributed by atoms with E-state index in [2.05, 4.69) is 9.62 Å². The SMILES string of the molecule is CN(C)C1(CNS(=O)(=O)c2ccc(Cl)c(Cl)c2)CCCCC1.Cl. The zero-order chi connectivity index (χ0) is 16.4. The Bertz CT molecular complexity index is 630. The first-order valence-corrected chi connectivity index (χ1v) is 9.63. The number of hydrogen-bond acceptors (Lipinski definition) is 3. The van der Waals surface area contributed by atoms with Crippen molar-refractivity contribution in [2.45, 2.75) is 42.5 Å². The molecule has 2 rings (SSSR count). The van der Waals surface area contributed by atoms with E-state index in [0.717, 1.165) is 25.7 Å². The molecule has 1 saturated carbocycles. The topological polar surface area (TPSA) is 49.4 Å². The third-order valence-corrected chi connectivity index (χ3v) is 6.66. The van der Waals surface area contributed by atoms with Gasteiger partial charge in [0.2, 0.25) is 10.0 Å². The van der Waals surface area contributed by atoms with E-state index in [0.29, 0.717) is 11.6 Å². The van der Waals surface area contributed by atoms with Crippen molar-refractivity contribution in [3.8, 4) is 0 Å². The number of benzene rings is 1. The average molecular weight is 402 g/mol. The van der Waals surface area contributed by atoms with Crippen LogP contribution in [-0.2, 0) is 10.0 Å². The summed E-state index contributed by atoms with van der Waals surface area (Å²) in [5.74, 6) is 0. The Balaban J connectivity index is 0.00000264. The highest BCUT2D eigenvalue weighted by Crippen LogP contribution is 2.32. The van der Waals surface area contributed by atoms with Gasteiger partial charge in [-0.15, -0.1) is 12.4 Å². The Labute approximate surface area is 155 Å². The molecule has 1 aliphatic rings. The molecule has 0 aliphatic heterocycles. The lowest BCUT2D eigenvalue weighted by atomic mass is 9.81. The van der Waals surface area contributed by atoms with Crippen LogP contribution in [0, 0.1) is 0 Å². The van der Waals surface area contributed by atoms with E-state index in [9.17, 15) is 8.42 Å². The summed E-state index contributed by atoms with van der Waals surface area (Å²) in [6, 6.07) is 4.36. The van der Waals surface area contributed by atoms with Gasteiger partial charge in [0.15, 0.2) is 0 Å². The molecule has 0 unspecified atom stereocenters. The van der Waals surface area contributed by atoms with E-state index < -0.39 is 10.0 Å². The zero-order valence-corrected chi connectivity index (χ0v) is 16.5. The fourth-order valence-electron chi connectivity index (χ4n) is 2.95. The molecule has 23 heavy (non-hydrogen) atoms. The number of halogens is 3. The predicted octanol–water partition coefficient (Wildman–Crippen LogP) is 3.96. The number of nitrogens with one attached hydrogen (secondary N) is 1. The van der Waals surface area contributed by atoms with Gasteiger partial charge in [0.1, 0.15) is 0 Å². The van der Waals surface area contributed by atoms with Crippen molar-refractivity contribution in [1.29, 1.82) is 0 Å². The Kier molecular flexibility index (Phi) is 7.64. The molecular weight excluding hydrogens is 379 g/mol. The van der Waals surface area contributed by atoms with E-state index in [1.165, 1.54) is 24.6 Å². The number of hydrogen-bond donors (Lipinski definition) is 1. The number of rotatable bonds is 5. The highest BCUT2D eigenvalue weighted by atomic mass is 35.5. The molecule has 132 valence electrons. The van der Waals surface area contributed by atoms with E-state index in [-0.39, 0.29) is 27.9 Å². The lowest BCUT2D eigenvalue weighted by Gasteiger charge is -2.43. The highest BCUT2D eigenvalue weighted by Gasteiger charge is 2.35. The van der Waals surface area contributed by atoms with Crippen LogP contribution in [0.5, 0.6) is 0 Å². The summed E-state index contributed by atoms with van der Waals surface area (Å²) in [6.45, 7) is 0.405. The number of likely N-dealkylation sites (N-methyl/N-ethyl adjacent to an activating group) is 1. The quantitative estimate of drug-likeness (QED) is 0.812. The molecule has 1 aliphatic carbocycles. The molecule has 0 aromatic heterocycles. The van der Waals surface area contributed by atoms with Crippen LogP contribution in [0.2, 0.25) is 10.0 Å². The minimum Gasteiger partial charge on any atom is -0.302 e. The lowest BCUT2D eigenvalue weighted by molar-refractivity contribution is 0.105. The van der Waals surface area contributed by atoms with Crippen molar-refractivity contribution in [3.05, 3.63) is 28.2 Å². The first kappa shape index (κ1) is 21.0. The second-order valence-corrected chi connectivity index (χ2v) is 8.66. The largest absolute Gasteiger partial charge is 0.302 e. The molecule has 0 spiro atoms. The summed E-state index contributed by atoms with van der Waals surface area (Å²) < 4.78 is 27.7. The van der Waals surface area contributed by atoms with Gasteiger partial charge in [0.25, 0.3) is 0 Å². The van der Waals surface area contributed by atoms with Gasteiger partial charge in [-0.25, -0.2) is 13.1 Å². The average Bonchev–Trinajstić information content (AvgIpc) is 2.49. The normalized spacial score (nSPS) is 17.8. The standard InChI is InChI=1S/C15H22Cl2N2O2S.ClH/c1-19(2)15(8-4-3-5-9-15)11-18-22(20,21)12-6-7-13(16)14(17)10-12;/h6-7,10,18H,3-5,8-9,11H2,1-2H3;1H. The molecule has 1 aromatic carbocycles. The van der Waals surface area contributed by atoms with Gasteiger partial charge < -0.3 is 4.90 Å². The molecule has 1 aromatic rings. The summed E-state index contributed by atoms with van der Waals surface area (Å²) in [5, 5.41) is 0.585. The Morgan fingerprint density at radius 3 is 2.26 bits per heavy atom. The number of sulfonamides is 1. The van der Waals surface area contributed by atoms with Gasteiger partial charge in [-0.05, 0) is 45.1 Å². The van der Waals surface area contributed by atoms with Crippen LogP contribution in [0.15, 0.2) is 23.1 Å². The Morgan fingerprint density at radius 2 is 1.74 bits per heavy atom. The van der Waals surface area contributed by atoms with Crippen molar-refractivity contribution >= 4 is 45.6 Å². The van der Waals surface area contributed by atoms with Crippen molar-refractivity contribution in [3.63, 3.8) is 0 Å². The van der Waals surface area contributed by atoms with Crippen molar-refractivity contribution in [2.24, 2.45) is 0 Å². The minimum atomic E-state index is -3.59. The lowest BCUT2D eigenvalue weighted by Crippen LogP contribution is -2.53. The molecule has 8 heteroatoms. The highest BCUT2D eigenvalue weighted by molar-refractivity contribution is 7.89. The van der Waals surface area contributed by atoms with Crippen molar-refractivity contribution in [2.75, 3.05) is 20.6 Å². The summed E-state index contributed by atoms with van der Waals surface area (Å²) >= 11 is 11.8. The van der Waals surface area contributed by atoms with Gasteiger partial charge in [0.05, 0.1) is 14.9 Å². The van der Waals surface area contributed by atoms with Crippen molar-refractivity contribution in [1.82, 2.24) is 9.62 Å². The maximum Gasteiger partial charge on any atom is 0.240 e. The molecule has 4 nitrogen and oxygen atoms in total. The van der Waals surface area contributed by atoms with E-state index >= 15 is 0 Å². The van der Waals surface area contributed by atoms with Crippen LogP contribution < -0.4 is 4.72 Å². The Hall–Kier alpha value is -0.0400. The van der Waals surface area contributed by atoms with Crippen LogP contribution in [0.3, 0.4) is 0 Å². The van der Waals surface area contributed by atoms with E-state index in [4.69, 9.17) is 23.2 Å². The predicted molar refractivity (Wildman–Crippen MR) is 98.4 cm³/mol. The molecule has 0 saturated heterocycles. The van der Waals surface area contributed by atoms with Crippen LogP contribution >= 0.6 is 35.6 Å². The fourth-order valence-corrected chi connectivity index (χ4v) is 4.46. The van der Waals surface area contributed by atoms with E-state index in [1.54, 1.807) is 0 Å². The first-order valence-electron chi connectivity index (χ1n) is 7.39. The van der Waals surface area contributed by atoms with Crippen LogP contribution in [0.25, 0.3) is 0 Å². The molecule has 0 bridgehead atoms. The molecule has 0 radical (unpaired) electrons. The number of nitrogens with zero attached hydrogens (tertiary/aromatic N) is 1. The molecule has 0 heterocycles. The van der Waals surface area contributed by atoms with Crippen LogP contribution in [0.4, 0.5) is 0 Å². The maximum absolute atomic E-state index is 12.5. The second kappa shape index (κ2) is 8.37. The summed E-state index contributed by atoms with van der Waals surface area (Å²) in [4.78, 5) is 2.29. The van der Waals surface area contributed by atoms with Crippen molar-refractivity contribution < 1.29 is 8.42 Å². The van der Waals surface area contributed by atoms with Crippen LogP contribution in [0.1, 0.15) is 32.1 Å². The first-order chi connectivity index (χ1) is 10.3. The summed E-state index contributed by atoms with van der Waals surface area (Å²) in [6.07, 6.45) is 5.49. The smallest absolute Gasteiger partial charge is 0.240 e. The van der Waals surface area contributed by atoms with Crippen LogP contribution in [-0.4, -0.2) is 39.5 Å². The second-order valence-electron chi connectivity index (χ2n) is 6.08. The summed E-state index contributed by atoms with van der Waals surface area (Å²) in [7, 11) is 0.435. The molecular formula is C15H23Cl3N2O2S.